The molecule has 0 unspecified atom stereocenters. The SMILES string of the molecule is Cc1noc(C(C)C)c1C(=O)NCCCc1ccc(NS(C)(=O)=O)cc1. The minimum atomic E-state index is -3.27. The lowest BCUT2D eigenvalue weighted by Gasteiger charge is -2.08. The van der Waals surface area contributed by atoms with Crippen LogP contribution in [0.25, 0.3) is 0 Å². The summed E-state index contributed by atoms with van der Waals surface area (Å²) in [6.07, 6.45) is 2.66. The van der Waals surface area contributed by atoms with Crippen molar-refractivity contribution >= 4 is 21.6 Å². The standard InChI is InChI=1S/C18H25N3O4S/c1-12(2)17-16(13(3)20-25-17)18(22)19-11-5-6-14-7-9-15(10-8-14)21-26(4,23)24/h7-10,12,21H,5-6,11H2,1-4H3,(H,19,22). The largest absolute Gasteiger partial charge is 0.360 e. The summed E-state index contributed by atoms with van der Waals surface area (Å²) in [6, 6.07) is 7.20. The Morgan fingerprint density at radius 1 is 1.23 bits per heavy atom. The number of aromatic nitrogens is 1. The van der Waals surface area contributed by atoms with Crippen LogP contribution >= 0.6 is 0 Å². The molecule has 0 saturated heterocycles. The van der Waals surface area contributed by atoms with Gasteiger partial charge in [0.2, 0.25) is 10.0 Å². The molecule has 8 heteroatoms. The maximum Gasteiger partial charge on any atom is 0.256 e. The topological polar surface area (TPSA) is 101 Å². The smallest absolute Gasteiger partial charge is 0.256 e. The third-order valence-corrected chi connectivity index (χ3v) is 4.43. The highest BCUT2D eigenvalue weighted by atomic mass is 32.2. The number of aryl methyl sites for hydroxylation is 2. The van der Waals surface area contributed by atoms with E-state index >= 15 is 0 Å². The van der Waals surface area contributed by atoms with Crippen LogP contribution in [0.5, 0.6) is 0 Å². The van der Waals surface area contributed by atoms with E-state index in [0.29, 0.717) is 29.2 Å². The third kappa shape index (κ3) is 5.59. The molecule has 0 aliphatic carbocycles. The third-order valence-electron chi connectivity index (χ3n) is 3.83. The molecule has 0 aliphatic rings. The summed E-state index contributed by atoms with van der Waals surface area (Å²) < 4.78 is 30.0. The van der Waals surface area contributed by atoms with Gasteiger partial charge in [-0.15, -0.1) is 0 Å². The lowest BCUT2D eigenvalue weighted by Crippen LogP contribution is -2.26. The number of rotatable bonds is 8. The Bertz CT molecular complexity index is 855. The van der Waals surface area contributed by atoms with Gasteiger partial charge < -0.3 is 9.84 Å². The minimum absolute atomic E-state index is 0.0935. The van der Waals surface area contributed by atoms with Gasteiger partial charge in [-0.1, -0.05) is 31.1 Å². The Hall–Kier alpha value is -2.35. The average Bonchev–Trinajstić information content (AvgIpc) is 2.93. The predicted octanol–water partition coefficient (Wildman–Crippen LogP) is 2.84. The molecule has 0 radical (unpaired) electrons. The van der Waals surface area contributed by atoms with Gasteiger partial charge in [-0.05, 0) is 37.5 Å². The number of hydrogen-bond acceptors (Lipinski definition) is 5. The van der Waals surface area contributed by atoms with E-state index in [9.17, 15) is 13.2 Å². The molecule has 7 nitrogen and oxygen atoms in total. The molecule has 142 valence electrons. The fraction of sp³-hybridized carbons (Fsp3) is 0.444. The fourth-order valence-electron chi connectivity index (χ4n) is 2.59. The molecular formula is C18H25N3O4S. The molecule has 0 fully saturated rings. The number of amides is 1. The molecule has 0 spiro atoms. The van der Waals surface area contributed by atoms with Crippen molar-refractivity contribution in [3.63, 3.8) is 0 Å². The van der Waals surface area contributed by atoms with Crippen molar-refractivity contribution in [3.05, 3.63) is 46.8 Å². The van der Waals surface area contributed by atoms with Crippen molar-refractivity contribution in [1.82, 2.24) is 10.5 Å². The van der Waals surface area contributed by atoms with Crippen molar-refractivity contribution in [2.45, 2.75) is 39.5 Å². The van der Waals surface area contributed by atoms with Crippen molar-refractivity contribution in [3.8, 4) is 0 Å². The van der Waals surface area contributed by atoms with Crippen molar-refractivity contribution < 1.29 is 17.7 Å². The van der Waals surface area contributed by atoms with Gasteiger partial charge >= 0.3 is 0 Å². The first-order valence-electron chi connectivity index (χ1n) is 8.48. The monoisotopic (exact) mass is 379 g/mol. The van der Waals surface area contributed by atoms with Crippen molar-refractivity contribution in [2.24, 2.45) is 0 Å². The van der Waals surface area contributed by atoms with Crippen LogP contribution in [0, 0.1) is 6.92 Å². The summed E-state index contributed by atoms with van der Waals surface area (Å²) in [4.78, 5) is 12.4. The van der Waals surface area contributed by atoms with Crippen LogP contribution < -0.4 is 10.0 Å². The lowest BCUT2D eigenvalue weighted by atomic mass is 10.0. The second kappa shape index (κ2) is 8.35. The highest BCUT2D eigenvalue weighted by molar-refractivity contribution is 7.92. The maximum absolute atomic E-state index is 12.4. The number of sulfonamides is 1. The number of carbonyl (C=O) groups is 1. The molecule has 0 bridgehead atoms. The van der Waals surface area contributed by atoms with Gasteiger partial charge in [0.15, 0.2) is 5.76 Å². The summed E-state index contributed by atoms with van der Waals surface area (Å²) in [5.41, 5.74) is 2.73. The lowest BCUT2D eigenvalue weighted by molar-refractivity contribution is 0.0950. The molecule has 1 heterocycles. The Kier molecular flexibility index (Phi) is 6.42. The first-order chi connectivity index (χ1) is 12.2. The second-order valence-electron chi connectivity index (χ2n) is 6.59. The average molecular weight is 379 g/mol. The minimum Gasteiger partial charge on any atom is -0.360 e. The summed E-state index contributed by atoms with van der Waals surface area (Å²) in [7, 11) is -3.27. The van der Waals surface area contributed by atoms with E-state index in [1.807, 2.05) is 26.0 Å². The van der Waals surface area contributed by atoms with Gasteiger partial charge in [-0.2, -0.15) is 0 Å². The van der Waals surface area contributed by atoms with Gasteiger partial charge in [0.25, 0.3) is 5.91 Å². The summed E-state index contributed by atoms with van der Waals surface area (Å²) in [6.45, 7) is 6.21. The van der Waals surface area contributed by atoms with Crippen LogP contribution in [0.4, 0.5) is 5.69 Å². The van der Waals surface area contributed by atoms with Crippen LogP contribution in [-0.4, -0.2) is 32.3 Å². The maximum atomic E-state index is 12.4. The zero-order chi connectivity index (χ0) is 19.3. The Morgan fingerprint density at radius 2 is 1.88 bits per heavy atom. The Morgan fingerprint density at radius 3 is 2.46 bits per heavy atom. The van der Waals surface area contributed by atoms with Crippen molar-refractivity contribution in [2.75, 3.05) is 17.5 Å². The molecular weight excluding hydrogens is 354 g/mol. The van der Waals surface area contributed by atoms with Crippen LogP contribution in [0.1, 0.15) is 53.6 Å². The summed E-state index contributed by atoms with van der Waals surface area (Å²) in [5, 5.41) is 6.79. The summed E-state index contributed by atoms with van der Waals surface area (Å²) in [5.74, 6) is 0.533. The fourth-order valence-corrected chi connectivity index (χ4v) is 3.16. The highest BCUT2D eigenvalue weighted by Crippen LogP contribution is 2.22. The number of benzene rings is 1. The van der Waals surface area contributed by atoms with Crippen molar-refractivity contribution in [1.29, 1.82) is 0 Å². The zero-order valence-electron chi connectivity index (χ0n) is 15.5. The zero-order valence-corrected chi connectivity index (χ0v) is 16.3. The quantitative estimate of drug-likeness (QED) is 0.687. The number of nitrogens with one attached hydrogen (secondary N) is 2. The normalized spacial score (nSPS) is 11.6. The van der Waals surface area contributed by atoms with Gasteiger partial charge in [0, 0.05) is 18.2 Å². The van der Waals surface area contributed by atoms with E-state index in [1.165, 1.54) is 0 Å². The van der Waals surface area contributed by atoms with E-state index < -0.39 is 10.0 Å². The predicted molar refractivity (Wildman–Crippen MR) is 101 cm³/mol. The van der Waals surface area contributed by atoms with Gasteiger partial charge in [0.05, 0.1) is 11.9 Å². The van der Waals surface area contributed by atoms with Gasteiger partial charge in [-0.25, -0.2) is 8.42 Å². The second-order valence-corrected chi connectivity index (χ2v) is 8.34. The molecule has 0 saturated carbocycles. The molecule has 2 N–H and O–H groups in total. The van der Waals surface area contributed by atoms with E-state index in [0.717, 1.165) is 24.7 Å². The molecule has 1 aromatic heterocycles. The van der Waals surface area contributed by atoms with Crippen LogP contribution in [0.3, 0.4) is 0 Å². The number of carbonyl (C=O) groups excluding carboxylic acids is 1. The Balaban J connectivity index is 1.84. The van der Waals surface area contributed by atoms with E-state index in [1.54, 1.807) is 19.1 Å². The molecule has 0 atom stereocenters. The van der Waals surface area contributed by atoms with E-state index in [2.05, 4.69) is 15.2 Å². The number of hydrogen-bond donors (Lipinski definition) is 2. The molecule has 26 heavy (non-hydrogen) atoms. The molecule has 2 rings (SSSR count). The molecule has 0 aliphatic heterocycles. The van der Waals surface area contributed by atoms with Crippen LogP contribution in [0.15, 0.2) is 28.8 Å². The van der Waals surface area contributed by atoms with Gasteiger partial charge in [-0.3, -0.25) is 9.52 Å². The number of anilines is 1. The molecule has 1 aromatic carbocycles. The van der Waals surface area contributed by atoms with Crippen LogP contribution in [-0.2, 0) is 16.4 Å². The van der Waals surface area contributed by atoms with E-state index in [4.69, 9.17) is 4.52 Å². The molecule has 1 amide bonds. The summed E-state index contributed by atoms with van der Waals surface area (Å²) >= 11 is 0. The molecule has 2 aromatic rings. The number of nitrogens with zero attached hydrogens (tertiary/aromatic N) is 1. The van der Waals surface area contributed by atoms with Crippen LogP contribution in [0.2, 0.25) is 0 Å². The highest BCUT2D eigenvalue weighted by Gasteiger charge is 2.22. The van der Waals surface area contributed by atoms with Gasteiger partial charge in [0.1, 0.15) is 5.56 Å². The first-order valence-corrected chi connectivity index (χ1v) is 10.4. The first kappa shape index (κ1) is 20.0. The Labute approximate surface area is 154 Å². The van der Waals surface area contributed by atoms with E-state index in [-0.39, 0.29) is 11.8 Å².